The van der Waals surface area contributed by atoms with Crippen molar-refractivity contribution in [3.63, 3.8) is 0 Å². The molecular weight excluding hydrogens is 565 g/mol. The van der Waals surface area contributed by atoms with Crippen molar-refractivity contribution in [2.75, 3.05) is 5.75 Å². The molecule has 0 aliphatic carbocycles. The van der Waals surface area contributed by atoms with E-state index in [1.165, 1.54) is 11.8 Å². The van der Waals surface area contributed by atoms with E-state index in [1.807, 2.05) is 77.5 Å². The fourth-order valence-electron chi connectivity index (χ4n) is 4.66. The summed E-state index contributed by atoms with van der Waals surface area (Å²) in [7, 11) is 0. The number of aromatic nitrogens is 3. The first-order valence-electron chi connectivity index (χ1n) is 13.4. The summed E-state index contributed by atoms with van der Waals surface area (Å²) in [4.78, 5) is 27.5. The van der Waals surface area contributed by atoms with Gasteiger partial charge in [0.2, 0.25) is 0 Å². The van der Waals surface area contributed by atoms with Crippen LogP contribution in [0.4, 0.5) is 0 Å². The Morgan fingerprint density at radius 3 is 2.38 bits per heavy atom. The van der Waals surface area contributed by atoms with Crippen molar-refractivity contribution in [2.24, 2.45) is 0 Å². The lowest BCUT2D eigenvalue weighted by molar-refractivity contribution is -0.131. The number of carbonyl (C=O) groups excluding carboxylic acids is 2. The number of para-hydroxylation sites is 1. The lowest BCUT2D eigenvalue weighted by atomic mass is 10.0. The summed E-state index contributed by atoms with van der Waals surface area (Å²) in [5.41, 5.74) is 7.87. The quantitative estimate of drug-likeness (QED) is 0.211. The monoisotopic (exact) mass is 592 g/mol. The van der Waals surface area contributed by atoms with Crippen molar-refractivity contribution in [1.29, 1.82) is 0 Å². The van der Waals surface area contributed by atoms with E-state index >= 15 is 0 Å². The van der Waals surface area contributed by atoms with Crippen LogP contribution >= 0.6 is 23.1 Å². The Labute approximate surface area is 252 Å². The average Bonchev–Trinajstić information content (AvgIpc) is 3.80. The topological polar surface area (TPSA) is 92.2 Å². The van der Waals surface area contributed by atoms with Crippen LogP contribution < -0.4 is 10.7 Å². The normalized spacial score (nSPS) is 14.4. The van der Waals surface area contributed by atoms with Gasteiger partial charge in [-0.05, 0) is 54.3 Å². The fraction of sp³-hybridized carbons (Fsp3) is 0.125. The van der Waals surface area contributed by atoms with Crippen LogP contribution in [-0.2, 0) is 11.3 Å². The SMILES string of the molecule is Cc1ccc(C2C=C(c3cccs3)NN2C(=O)CSc2nnc(CNC(=O)c3ccccc3)n2-c2ccccc2)cc1. The smallest absolute Gasteiger partial charge is 0.252 e. The van der Waals surface area contributed by atoms with E-state index in [2.05, 4.69) is 51.3 Å². The number of hydrazine groups is 1. The van der Waals surface area contributed by atoms with Gasteiger partial charge < -0.3 is 5.32 Å². The zero-order chi connectivity index (χ0) is 28.9. The largest absolute Gasteiger partial charge is 0.345 e. The molecular formula is C32H28N6O2S2. The summed E-state index contributed by atoms with van der Waals surface area (Å²) in [5, 5.41) is 16.0. The maximum absolute atomic E-state index is 13.7. The Morgan fingerprint density at radius 2 is 1.67 bits per heavy atom. The van der Waals surface area contributed by atoms with E-state index in [-0.39, 0.29) is 30.2 Å². The summed E-state index contributed by atoms with van der Waals surface area (Å²) < 4.78 is 1.88. The van der Waals surface area contributed by atoms with Gasteiger partial charge in [-0.3, -0.25) is 19.6 Å². The minimum Gasteiger partial charge on any atom is -0.345 e. The van der Waals surface area contributed by atoms with Gasteiger partial charge in [-0.1, -0.05) is 84.1 Å². The molecule has 1 unspecified atom stereocenters. The van der Waals surface area contributed by atoms with Gasteiger partial charge >= 0.3 is 0 Å². The van der Waals surface area contributed by atoms with E-state index in [0.29, 0.717) is 16.5 Å². The van der Waals surface area contributed by atoms with Gasteiger partial charge in [-0.15, -0.1) is 21.5 Å². The van der Waals surface area contributed by atoms with Crippen LogP contribution in [0.2, 0.25) is 0 Å². The van der Waals surface area contributed by atoms with Crippen molar-refractivity contribution in [3.8, 4) is 5.69 Å². The number of carbonyl (C=O) groups is 2. The van der Waals surface area contributed by atoms with Gasteiger partial charge in [0.1, 0.15) is 0 Å². The number of nitrogens with one attached hydrogen (secondary N) is 2. The zero-order valence-electron chi connectivity index (χ0n) is 22.8. The molecule has 0 bridgehead atoms. The molecule has 3 aromatic carbocycles. The van der Waals surface area contributed by atoms with Gasteiger partial charge in [0.25, 0.3) is 11.8 Å². The van der Waals surface area contributed by atoms with Crippen LogP contribution in [-0.4, -0.2) is 37.3 Å². The number of benzene rings is 3. The highest BCUT2D eigenvalue weighted by Gasteiger charge is 2.31. The van der Waals surface area contributed by atoms with Crippen molar-refractivity contribution in [1.82, 2.24) is 30.5 Å². The minimum atomic E-state index is -0.244. The number of hydrogen-bond donors (Lipinski definition) is 2. The van der Waals surface area contributed by atoms with E-state index in [1.54, 1.807) is 28.5 Å². The van der Waals surface area contributed by atoms with Gasteiger partial charge in [0.05, 0.1) is 28.9 Å². The number of thiophene rings is 1. The molecule has 0 saturated heterocycles. The molecule has 1 aliphatic rings. The number of rotatable bonds is 9. The number of thioether (sulfide) groups is 1. The molecule has 210 valence electrons. The highest BCUT2D eigenvalue weighted by molar-refractivity contribution is 7.99. The van der Waals surface area contributed by atoms with Crippen LogP contribution in [0, 0.1) is 6.92 Å². The predicted molar refractivity (Wildman–Crippen MR) is 166 cm³/mol. The van der Waals surface area contributed by atoms with Crippen molar-refractivity contribution in [3.05, 3.63) is 136 Å². The second-order valence-corrected chi connectivity index (χ2v) is 11.6. The van der Waals surface area contributed by atoms with Crippen LogP contribution in [0.1, 0.15) is 38.2 Å². The predicted octanol–water partition coefficient (Wildman–Crippen LogP) is 5.79. The molecule has 5 aromatic rings. The summed E-state index contributed by atoms with van der Waals surface area (Å²) >= 11 is 2.94. The Kier molecular flexibility index (Phi) is 8.16. The molecule has 10 heteroatoms. The van der Waals surface area contributed by atoms with E-state index in [0.717, 1.165) is 27.4 Å². The average molecular weight is 593 g/mol. The lowest BCUT2D eigenvalue weighted by Crippen LogP contribution is -2.40. The Balaban J connectivity index is 1.21. The van der Waals surface area contributed by atoms with Crippen molar-refractivity contribution >= 4 is 40.6 Å². The second-order valence-electron chi connectivity index (χ2n) is 9.70. The Bertz CT molecular complexity index is 1700. The first kappa shape index (κ1) is 27.5. The summed E-state index contributed by atoms with van der Waals surface area (Å²) in [6.07, 6.45) is 2.10. The van der Waals surface area contributed by atoms with E-state index < -0.39 is 0 Å². The molecule has 2 N–H and O–H groups in total. The first-order chi connectivity index (χ1) is 20.6. The minimum absolute atomic E-state index is 0.0880. The third kappa shape index (κ3) is 6.00. The third-order valence-corrected chi connectivity index (χ3v) is 8.62. The number of aryl methyl sites for hydroxylation is 1. The second kappa shape index (κ2) is 12.5. The van der Waals surface area contributed by atoms with Gasteiger partial charge in [0, 0.05) is 11.3 Å². The standard InChI is InChI=1S/C32H28N6O2S2/c1-22-14-16-23(17-15-22)27-19-26(28-13-8-18-41-28)36-38(27)30(39)21-42-32-35-34-29(37(32)25-11-6-3-7-12-25)20-33-31(40)24-9-4-2-5-10-24/h2-19,27,36H,20-21H2,1H3,(H,33,40). The molecule has 42 heavy (non-hydrogen) atoms. The molecule has 0 fully saturated rings. The molecule has 0 radical (unpaired) electrons. The van der Waals surface area contributed by atoms with E-state index in [4.69, 9.17) is 0 Å². The molecule has 6 rings (SSSR count). The number of nitrogens with zero attached hydrogens (tertiary/aromatic N) is 4. The maximum Gasteiger partial charge on any atom is 0.252 e. The van der Waals surface area contributed by atoms with Crippen LogP contribution in [0.5, 0.6) is 0 Å². The molecule has 0 saturated carbocycles. The summed E-state index contributed by atoms with van der Waals surface area (Å²) in [6.45, 7) is 2.23. The number of hydrogen-bond acceptors (Lipinski definition) is 7. The third-order valence-electron chi connectivity index (χ3n) is 6.80. The van der Waals surface area contributed by atoms with E-state index in [9.17, 15) is 9.59 Å². The molecule has 1 atom stereocenters. The summed E-state index contributed by atoms with van der Waals surface area (Å²) in [6, 6.07) is 30.8. The molecule has 2 aromatic heterocycles. The molecule has 3 heterocycles. The van der Waals surface area contributed by atoms with Crippen molar-refractivity contribution < 1.29 is 9.59 Å². The number of amides is 2. The first-order valence-corrected chi connectivity index (χ1v) is 15.3. The molecule has 0 spiro atoms. The van der Waals surface area contributed by atoms with Crippen LogP contribution in [0.3, 0.4) is 0 Å². The maximum atomic E-state index is 13.7. The molecule has 2 amide bonds. The van der Waals surface area contributed by atoms with Crippen molar-refractivity contribution in [2.45, 2.75) is 24.7 Å². The highest BCUT2D eigenvalue weighted by Crippen LogP contribution is 2.34. The zero-order valence-corrected chi connectivity index (χ0v) is 24.4. The van der Waals surface area contributed by atoms with Crippen LogP contribution in [0.25, 0.3) is 11.4 Å². The highest BCUT2D eigenvalue weighted by atomic mass is 32.2. The Hall–Kier alpha value is -4.67. The molecule has 8 nitrogen and oxygen atoms in total. The van der Waals surface area contributed by atoms with Gasteiger partial charge in [0.15, 0.2) is 11.0 Å². The fourth-order valence-corrected chi connectivity index (χ4v) is 6.19. The van der Waals surface area contributed by atoms with Gasteiger partial charge in [-0.25, -0.2) is 5.01 Å². The Morgan fingerprint density at radius 1 is 0.929 bits per heavy atom. The summed E-state index contributed by atoms with van der Waals surface area (Å²) in [5.74, 6) is 0.426. The van der Waals surface area contributed by atoms with Gasteiger partial charge in [-0.2, -0.15) is 0 Å². The lowest BCUT2D eigenvalue weighted by Gasteiger charge is -2.25. The van der Waals surface area contributed by atoms with Crippen LogP contribution in [0.15, 0.2) is 114 Å². The molecule has 1 aliphatic heterocycles.